The Morgan fingerprint density at radius 3 is 3.04 bits per heavy atom. The van der Waals surface area contributed by atoms with E-state index in [1.165, 1.54) is 23.1 Å². The van der Waals surface area contributed by atoms with Crippen LogP contribution in [0.4, 0.5) is 9.93 Å². The van der Waals surface area contributed by atoms with Crippen molar-refractivity contribution >= 4 is 51.3 Å². The fraction of sp³-hybridized carbons (Fsp3) is 0.333. The van der Waals surface area contributed by atoms with Crippen LogP contribution in [0.1, 0.15) is 17.5 Å². The van der Waals surface area contributed by atoms with E-state index >= 15 is 0 Å². The molecule has 8 nitrogen and oxygen atoms in total. The van der Waals surface area contributed by atoms with E-state index in [2.05, 4.69) is 15.3 Å². The molecule has 0 unspecified atom stereocenters. The van der Waals surface area contributed by atoms with E-state index in [1.54, 1.807) is 11.8 Å². The third kappa shape index (κ3) is 4.12. The SMILES string of the molecule is CCOC(=O)Nc1nc2c(s1)CN(C(=O)CSc1nc3ccccc3o1)CC2. The molecule has 1 aromatic carbocycles. The Hall–Kier alpha value is -2.59. The number of oxazole rings is 1. The molecule has 0 spiro atoms. The fourth-order valence-corrected chi connectivity index (χ4v) is 4.59. The lowest BCUT2D eigenvalue weighted by Crippen LogP contribution is -2.36. The second kappa shape index (κ2) is 8.19. The number of carbonyl (C=O) groups is 2. The average molecular weight is 419 g/mol. The van der Waals surface area contributed by atoms with Crippen LogP contribution in [0.3, 0.4) is 0 Å². The zero-order valence-corrected chi connectivity index (χ0v) is 16.8. The van der Waals surface area contributed by atoms with E-state index in [9.17, 15) is 9.59 Å². The van der Waals surface area contributed by atoms with Gasteiger partial charge in [0.15, 0.2) is 10.7 Å². The molecule has 1 N–H and O–H groups in total. The summed E-state index contributed by atoms with van der Waals surface area (Å²) < 4.78 is 10.5. The Labute approximate surface area is 169 Å². The summed E-state index contributed by atoms with van der Waals surface area (Å²) in [7, 11) is 0. The van der Waals surface area contributed by atoms with E-state index in [0.29, 0.717) is 42.1 Å². The molecule has 146 valence electrons. The van der Waals surface area contributed by atoms with Gasteiger partial charge >= 0.3 is 6.09 Å². The van der Waals surface area contributed by atoms with Gasteiger partial charge in [0.25, 0.3) is 5.22 Å². The minimum Gasteiger partial charge on any atom is -0.450 e. The number of nitrogens with zero attached hydrogens (tertiary/aromatic N) is 3. The van der Waals surface area contributed by atoms with Crippen molar-refractivity contribution in [3.8, 4) is 0 Å². The Balaban J connectivity index is 1.35. The molecule has 3 aromatic rings. The number of thioether (sulfide) groups is 1. The molecule has 4 rings (SSSR count). The zero-order valence-electron chi connectivity index (χ0n) is 15.1. The van der Waals surface area contributed by atoms with Gasteiger partial charge in [-0.2, -0.15) is 0 Å². The number of hydrogen-bond acceptors (Lipinski definition) is 8. The summed E-state index contributed by atoms with van der Waals surface area (Å²) in [6.07, 6.45) is 0.145. The maximum atomic E-state index is 12.6. The highest BCUT2D eigenvalue weighted by Gasteiger charge is 2.25. The minimum absolute atomic E-state index is 0.0196. The number of benzene rings is 1. The van der Waals surface area contributed by atoms with E-state index in [1.807, 2.05) is 24.3 Å². The number of aromatic nitrogens is 2. The van der Waals surface area contributed by atoms with Crippen molar-refractivity contribution in [2.45, 2.75) is 25.1 Å². The molecule has 2 amide bonds. The third-order valence-corrected chi connectivity index (χ3v) is 5.97. The highest BCUT2D eigenvalue weighted by atomic mass is 32.2. The molecule has 2 aromatic heterocycles. The maximum absolute atomic E-state index is 12.6. The maximum Gasteiger partial charge on any atom is 0.413 e. The Morgan fingerprint density at radius 1 is 1.36 bits per heavy atom. The lowest BCUT2D eigenvalue weighted by atomic mass is 10.2. The number of hydrogen-bond donors (Lipinski definition) is 1. The first-order chi connectivity index (χ1) is 13.6. The number of nitrogens with one attached hydrogen (secondary N) is 1. The number of ether oxygens (including phenoxy) is 1. The van der Waals surface area contributed by atoms with Crippen molar-refractivity contribution in [2.75, 3.05) is 24.2 Å². The number of para-hydroxylation sites is 2. The summed E-state index contributed by atoms with van der Waals surface area (Å²) in [4.78, 5) is 35.7. The quantitative estimate of drug-likeness (QED) is 0.633. The molecule has 0 atom stereocenters. The molecule has 0 bridgehead atoms. The van der Waals surface area contributed by atoms with Crippen LogP contribution < -0.4 is 5.32 Å². The number of amides is 2. The molecule has 1 aliphatic rings. The molecular formula is C18H18N4O4S2. The summed E-state index contributed by atoms with van der Waals surface area (Å²) >= 11 is 2.67. The van der Waals surface area contributed by atoms with Crippen LogP contribution in [0.25, 0.3) is 11.1 Å². The number of rotatable bonds is 5. The van der Waals surface area contributed by atoms with E-state index in [-0.39, 0.29) is 11.7 Å². The smallest absolute Gasteiger partial charge is 0.413 e. The molecule has 3 heterocycles. The highest BCUT2D eigenvalue weighted by molar-refractivity contribution is 7.99. The van der Waals surface area contributed by atoms with Crippen molar-refractivity contribution in [3.63, 3.8) is 0 Å². The van der Waals surface area contributed by atoms with Crippen molar-refractivity contribution in [2.24, 2.45) is 0 Å². The number of fused-ring (bicyclic) bond motifs is 2. The Kier molecular flexibility index (Phi) is 5.49. The first kappa shape index (κ1) is 18.8. The van der Waals surface area contributed by atoms with Crippen LogP contribution >= 0.6 is 23.1 Å². The molecule has 28 heavy (non-hydrogen) atoms. The third-order valence-electron chi connectivity index (χ3n) is 4.16. The molecular weight excluding hydrogens is 400 g/mol. The summed E-state index contributed by atoms with van der Waals surface area (Å²) in [5, 5.41) is 3.61. The van der Waals surface area contributed by atoms with E-state index in [4.69, 9.17) is 9.15 Å². The number of thiazole rings is 1. The zero-order chi connectivity index (χ0) is 19.5. The van der Waals surface area contributed by atoms with Crippen molar-refractivity contribution in [1.29, 1.82) is 0 Å². The summed E-state index contributed by atoms with van der Waals surface area (Å²) in [5.41, 5.74) is 2.42. The Bertz CT molecular complexity index is 983. The predicted molar refractivity (Wildman–Crippen MR) is 107 cm³/mol. The van der Waals surface area contributed by atoms with Gasteiger partial charge in [0.2, 0.25) is 5.91 Å². The first-order valence-corrected chi connectivity index (χ1v) is 10.6. The van der Waals surface area contributed by atoms with Crippen LogP contribution in [-0.4, -0.2) is 45.8 Å². The standard InChI is InChI=1S/C18H18N4O4S2/c1-2-25-17(24)21-16-19-12-7-8-22(9-14(12)28-16)15(23)10-27-18-20-11-5-3-4-6-13(11)26-18/h3-6H,2,7-10H2,1H3,(H,19,21,24). The average Bonchev–Trinajstić information content (AvgIpc) is 3.28. The highest BCUT2D eigenvalue weighted by Crippen LogP contribution is 2.29. The van der Waals surface area contributed by atoms with Crippen LogP contribution in [0.2, 0.25) is 0 Å². The van der Waals surface area contributed by atoms with Gasteiger partial charge in [-0.1, -0.05) is 35.2 Å². The molecule has 0 saturated carbocycles. The predicted octanol–water partition coefficient (Wildman–Crippen LogP) is 3.53. The van der Waals surface area contributed by atoms with Gasteiger partial charge in [-0.3, -0.25) is 10.1 Å². The van der Waals surface area contributed by atoms with Gasteiger partial charge in [0.05, 0.1) is 24.6 Å². The summed E-state index contributed by atoms with van der Waals surface area (Å²) in [5.74, 6) is 0.278. The largest absolute Gasteiger partial charge is 0.450 e. The minimum atomic E-state index is -0.517. The lowest BCUT2D eigenvalue weighted by molar-refractivity contribution is -0.129. The van der Waals surface area contributed by atoms with Gasteiger partial charge in [-0.25, -0.2) is 14.8 Å². The van der Waals surface area contributed by atoms with Crippen molar-refractivity contribution in [3.05, 3.63) is 34.8 Å². The van der Waals surface area contributed by atoms with Crippen LogP contribution in [0.15, 0.2) is 33.9 Å². The van der Waals surface area contributed by atoms with Crippen LogP contribution in [0, 0.1) is 0 Å². The number of anilines is 1. The molecule has 0 aliphatic carbocycles. The topological polar surface area (TPSA) is 97.6 Å². The molecule has 0 saturated heterocycles. The molecule has 1 aliphatic heterocycles. The summed E-state index contributed by atoms with van der Waals surface area (Å²) in [6, 6.07) is 7.52. The van der Waals surface area contributed by atoms with Gasteiger partial charge < -0.3 is 14.1 Å². The van der Waals surface area contributed by atoms with Crippen molar-refractivity contribution < 1.29 is 18.7 Å². The van der Waals surface area contributed by atoms with E-state index in [0.717, 1.165) is 16.1 Å². The number of carbonyl (C=O) groups excluding carboxylic acids is 2. The fourth-order valence-electron chi connectivity index (χ4n) is 2.84. The second-order valence-corrected chi connectivity index (χ2v) is 8.05. The van der Waals surface area contributed by atoms with Gasteiger partial charge in [0.1, 0.15) is 5.52 Å². The second-order valence-electron chi connectivity index (χ2n) is 6.04. The van der Waals surface area contributed by atoms with E-state index < -0.39 is 6.09 Å². The first-order valence-electron chi connectivity index (χ1n) is 8.81. The summed E-state index contributed by atoms with van der Waals surface area (Å²) in [6.45, 7) is 3.14. The van der Waals surface area contributed by atoms with Crippen LogP contribution in [-0.2, 0) is 22.5 Å². The molecule has 0 fully saturated rings. The lowest BCUT2D eigenvalue weighted by Gasteiger charge is -2.25. The normalized spacial score (nSPS) is 13.4. The van der Waals surface area contributed by atoms with Gasteiger partial charge in [-0.05, 0) is 19.1 Å². The molecule has 10 heteroatoms. The molecule has 0 radical (unpaired) electrons. The Morgan fingerprint density at radius 2 is 2.21 bits per heavy atom. The van der Waals surface area contributed by atoms with Crippen molar-refractivity contribution in [1.82, 2.24) is 14.9 Å². The monoisotopic (exact) mass is 418 g/mol. The van der Waals surface area contributed by atoms with Crippen LogP contribution in [0.5, 0.6) is 0 Å². The van der Waals surface area contributed by atoms with Gasteiger partial charge in [0, 0.05) is 17.8 Å². The van der Waals surface area contributed by atoms with Gasteiger partial charge in [-0.15, -0.1) is 0 Å².